The fraction of sp³-hybridized carbons (Fsp3) is 0.750. The summed E-state index contributed by atoms with van der Waals surface area (Å²) in [6.07, 6.45) is 0. The minimum absolute atomic E-state index is 0. The molecule has 1 rings (SSSR count). The van der Waals surface area contributed by atoms with Crippen molar-refractivity contribution in [3.05, 3.63) is 13.8 Å². The van der Waals surface area contributed by atoms with Gasteiger partial charge in [0.2, 0.25) is 0 Å². The minimum Gasteiger partial charge on any atom is -0.341 e. The molecular formula is C8H15NW. The Kier molecular flexibility index (Phi) is 4.13. The molecule has 10 heavy (non-hydrogen) atoms. The number of hydrogen-bond donors (Lipinski definition) is 0. The third-order valence-corrected chi connectivity index (χ3v) is 2.44. The molecule has 0 aliphatic carbocycles. The summed E-state index contributed by atoms with van der Waals surface area (Å²) in [4.78, 5) is 2.31. The average molecular weight is 309 g/mol. The molecule has 3 atom stereocenters. The van der Waals surface area contributed by atoms with Gasteiger partial charge in [-0.25, -0.2) is 0 Å². The van der Waals surface area contributed by atoms with Crippen molar-refractivity contribution in [3.8, 4) is 0 Å². The molecule has 0 spiro atoms. The fourth-order valence-corrected chi connectivity index (χ4v) is 1.39. The van der Waals surface area contributed by atoms with Crippen LogP contribution >= 0.6 is 0 Å². The Labute approximate surface area is 78.4 Å². The number of hydrogen-bond acceptors (Lipinski definition) is 1. The summed E-state index contributed by atoms with van der Waals surface area (Å²) in [5.74, 6) is 1.06. The monoisotopic (exact) mass is 309 g/mol. The van der Waals surface area contributed by atoms with Crippen molar-refractivity contribution in [2.45, 2.75) is 13.0 Å². The van der Waals surface area contributed by atoms with Gasteiger partial charge in [-0.15, -0.1) is 0 Å². The SMILES string of the molecule is [CH2-][C@@H]1[C@@H](C)N(C)C[C@@H]1[CH2-].[W+2]. The standard InChI is InChI=1S/C8H15N.W/c1-6-5-9(4)8(3)7(6)2;/h6-8H,1-2,5H2,3-4H3;/q-2;+2/t6-,7-,8+;/m0./s1. The van der Waals surface area contributed by atoms with Crippen LogP contribution in [0.3, 0.4) is 0 Å². The number of rotatable bonds is 0. The van der Waals surface area contributed by atoms with E-state index in [-0.39, 0.29) is 21.1 Å². The molecule has 1 aliphatic heterocycles. The van der Waals surface area contributed by atoms with Crippen LogP contribution in [0.5, 0.6) is 0 Å². The third kappa shape index (κ3) is 1.83. The summed E-state index contributed by atoms with van der Waals surface area (Å²) in [6.45, 7) is 11.4. The molecule has 0 aromatic rings. The summed E-state index contributed by atoms with van der Waals surface area (Å²) < 4.78 is 0. The Hall–Kier alpha value is 0.648. The van der Waals surface area contributed by atoms with E-state index in [4.69, 9.17) is 0 Å². The summed E-state index contributed by atoms with van der Waals surface area (Å²) >= 11 is 0. The second-order valence-corrected chi connectivity index (χ2v) is 3.10. The van der Waals surface area contributed by atoms with Crippen molar-refractivity contribution < 1.29 is 21.1 Å². The topological polar surface area (TPSA) is 3.24 Å². The predicted molar refractivity (Wildman–Crippen MR) is 39.8 cm³/mol. The first kappa shape index (κ1) is 10.6. The van der Waals surface area contributed by atoms with Gasteiger partial charge in [0, 0.05) is 0 Å². The second kappa shape index (κ2) is 3.87. The molecule has 0 bridgehead atoms. The van der Waals surface area contributed by atoms with E-state index >= 15 is 0 Å². The molecule has 58 valence electrons. The fourth-order valence-electron chi connectivity index (χ4n) is 1.39. The Morgan fingerprint density at radius 2 is 1.90 bits per heavy atom. The molecular weight excluding hydrogens is 294 g/mol. The molecule has 1 heterocycles. The quantitative estimate of drug-likeness (QED) is 0.608. The van der Waals surface area contributed by atoms with Gasteiger partial charge in [0.05, 0.1) is 0 Å². The van der Waals surface area contributed by atoms with Crippen LogP contribution in [0.1, 0.15) is 6.92 Å². The second-order valence-electron chi connectivity index (χ2n) is 3.10. The van der Waals surface area contributed by atoms with Gasteiger partial charge in [0.15, 0.2) is 0 Å². The molecule has 1 saturated heterocycles. The number of nitrogens with zero attached hydrogens (tertiary/aromatic N) is 1. The maximum absolute atomic E-state index is 4.05. The van der Waals surface area contributed by atoms with Crippen LogP contribution in [0, 0.1) is 25.7 Å². The van der Waals surface area contributed by atoms with Gasteiger partial charge in [0.25, 0.3) is 0 Å². The van der Waals surface area contributed by atoms with Crippen molar-refractivity contribution in [2.24, 2.45) is 11.8 Å². The Morgan fingerprint density at radius 3 is 2.00 bits per heavy atom. The van der Waals surface area contributed by atoms with E-state index in [2.05, 4.69) is 32.7 Å². The molecule has 0 unspecified atom stereocenters. The summed E-state index contributed by atoms with van der Waals surface area (Å²) in [6, 6.07) is 0.618. The van der Waals surface area contributed by atoms with E-state index in [0.717, 1.165) is 6.54 Å². The molecule has 0 radical (unpaired) electrons. The van der Waals surface area contributed by atoms with Crippen LogP contribution in [0.2, 0.25) is 0 Å². The van der Waals surface area contributed by atoms with Crippen LogP contribution in [0.4, 0.5) is 0 Å². The molecule has 0 amide bonds. The van der Waals surface area contributed by atoms with E-state index in [1.165, 1.54) is 0 Å². The van der Waals surface area contributed by atoms with Crippen molar-refractivity contribution in [1.29, 1.82) is 0 Å². The van der Waals surface area contributed by atoms with Gasteiger partial charge in [-0.2, -0.15) is 11.8 Å². The van der Waals surface area contributed by atoms with Crippen LogP contribution in [-0.2, 0) is 21.1 Å². The summed E-state index contributed by atoms with van der Waals surface area (Å²) in [5, 5.41) is 0. The first-order chi connectivity index (χ1) is 4.13. The molecule has 1 aliphatic rings. The smallest absolute Gasteiger partial charge is 0.341 e. The Bertz CT molecular complexity index is 93.4. The van der Waals surface area contributed by atoms with E-state index in [1.807, 2.05) is 0 Å². The van der Waals surface area contributed by atoms with E-state index < -0.39 is 0 Å². The number of likely N-dealkylation sites (tertiary alicyclic amines) is 1. The van der Waals surface area contributed by atoms with E-state index in [1.54, 1.807) is 0 Å². The van der Waals surface area contributed by atoms with Crippen LogP contribution in [0.25, 0.3) is 0 Å². The van der Waals surface area contributed by atoms with Crippen LogP contribution < -0.4 is 0 Å². The zero-order valence-corrected chi connectivity index (χ0v) is 9.64. The maximum Gasteiger partial charge on any atom is 2.00 e. The molecule has 2 heteroatoms. The Balaban J connectivity index is 0.000000810. The zero-order valence-electron chi connectivity index (χ0n) is 6.71. The zero-order chi connectivity index (χ0) is 7.02. The third-order valence-electron chi connectivity index (χ3n) is 2.44. The largest absolute Gasteiger partial charge is 2.00 e. The van der Waals surface area contributed by atoms with Crippen molar-refractivity contribution in [2.75, 3.05) is 13.6 Å². The van der Waals surface area contributed by atoms with Gasteiger partial charge in [0.1, 0.15) is 0 Å². The minimum atomic E-state index is 0. The van der Waals surface area contributed by atoms with Gasteiger partial charge in [-0.1, -0.05) is 6.92 Å². The van der Waals surface area contributed by atoms with Crippen molar-refractivity contribution in [1.82, 2.24) is 4.90 Å². The predicted octanol–water partition coefficient (Wildman–Crippen LogP) is 1.22. The average Bonchev–Trinajstić information content (AvgIpc) is 1.98. The van der Waals surface area contributed by atoms with Crippen molar-refractivity contribution >= 4 is 0 Å². The molecule has 0 N–H and O–H groups in total. The van der Waals surface area contributed by atoms with Gasteiger partial charge in [-0.3, -0.25) is 0 Å². The van der Waals surface area contributed by atoms with Gasteiger partial charge < -0.3 is 18.7 Å². The molecule has 0 aromatic heterocycles. The van der Waals surface area contributed by atoms with Crippen LogP contribution in [0.15, 0.2) is 0 Å². The normalized spacial score (nSPS) is 41.4. The van der Waals surface area contributed by atoms with Gasteiger partial charge >= 0.3 is 21.1 Å². The first-order valence-corrected chi connectivity index (χ1v) is 3.49. The van der Waals surface area contributed by atoms with Crippen molar-refractivity contribution in [3.63, 3.8) is 0 Å². The van der Waals surface area contributed by atoms with E-state index in [9.17, 15) is 0 Å². The molecule has 1 nitrogen and oxygen atoms in total. The van der Waals surface area contributed by atoms with Gasteiger partial charge in [-0.05, 0) is 19.6 Å². The van der Waals surface area contributed by atoms with Crippen LogP contribution in [-0.4, -0.2) is 24.5 Å². The molecule has 1 fully saturated rings. The first-order valence-electron chi connectivity index (χ1n) is 3.49. The Morgan fingerprint density at radius 1 is 1.40 bits per heavy atom. The molecule has 0 saturated carbocycles. The summed E-state index contributed by atoms with van der Waals surface area (Å²) in [5.41, 5.74) is 0. The maximum atomic E-state index is 4.05. The van der Waals surface area contributed by atoms with E-state index in [0.29, 0.717) is 17.9 Å². The summed E-state index contributed by atoms with van der Waals surface area (Å²) in [7, 11) is 2.13. The molecule has 0 aromatic carbocycles.